The number of rotatable bonds is 11. The van der Waals surface area contributed by atoms with Gasteiger partial charge in [-0.05, 0) is 46.9 Å². The van der Waals surface area contributed by atoms with E-state index < -0.39 is 11.9 Å². The molecule has 4 aromatic rings. The summed E-state index contributed by atoms with van der Waals surface area (Å²) in [6, 6.07) is 34.3. The summed E-state index contributed by atoms with van der Waals surface area (Å²) in [5, 5.41) is 17.6. The summed E-state index contributed by atoms with van der Waals surface area (Å²) in [6.45, 7) is 1.02. The van der Waals surface area contributed by atoms with Gasteiger partial charge in [0.05, 0.1) is 6.04 Å². The van der Waals surface area contributed by atoms with Crippen LogP contribution in [-0.2, 0) is 17.8 Å². The van der Waals surface area contributed by atoms with E-state index in [1.807, 2.05) is 66.7 Å². The Morgan fingerprint density at radius 1 is 0.789 bits per heavy atom. The van der Waals surface area contributed by atoms with Gasteiger partial charge in [-0.1, -0.05) is 91.0 Å². The molecule has 6 nitrogen and oxygen atoms in total. The summed E-state index contributed by atoms with van der Waals surface area (Å²) in [6.07, 6.45) is 0.380. The van der Waals surface area contributed by atoms with Gasteiger partial charge in [-0.15, -0.1) is 12.4 Å². The smallest absolute Gasteiger partial charge is 0.235 e. The van der Waals surface area contributed by atoms with Gasteiger partial charge in [-0.25, -0.2) is 0 Å². The molecule has 1 atom stereocenters. The molecule has 0 aliphatic heterocycles. The van der Waals surface area contributed by atoms with E-state index in [0.717, 1.165) is 22.3 Å². The second-order valence-electron chi connectivity index (χ2n) is 9.21. The first kappa shape index (κ1) is 28.4. The first-order valence-electron chi connectivity index (χ1n) is 12.2. The summed E-state index contributed by atoms with van der Waals surface area (Å²) < 4.78 is 0. The topological polar surface area (TPSA) is 116 Å². The van der Waals surface area contributed by atoms with Gasteiger partial charge in [0.1, 0.15) is 11.6 Å². The zero-order valence-electron chi connectivity index (χ0n) is 21.0. The molecule has 6 N–H and O–H groups in total. The number of phenolic OH excluding ortho intramolecular Hbond substituents is 1. The van der Waals surface area contributed by atoms with Gasteiger partial charge in [0.2, 0.25) is 5.91 Å². The molecule has 0 radical (unpaired) electrons. The van der Waals surface area contributed by atoms with E-state index in [-0.39, 0.29) is 29.9 Å². The Hall–Kier alpha value is -4.13. The predicted molar refractivity (Wildman–Crippen MR) is 155 cm³/mol. The monoisotopic (exact) mass is 528 g/mol. The Morgan fingerprint density at radius 3 is 1.89 bits per heavy atom. The number of hydrogen-bond donors (Lipinski definition) is 4. The van der Waals surface area contributed by atoms with E-state index in [1.165, 1.54) is 0 Å². The standard InChI is InChI=1S/C31H32N4O2.ClH/c32-30(33)26-13-7-8-23(18-26)19-29(31(34)37)35(20-22-14-16-27(36)17-15-22)21-28(24-9-3-1-4-10-24)25-11-5-2-6-12-25;/h1-18,28-29,36H,19-21H2,(H3,32,33)(H2,34,37);1H/t29-;/m1./s1. The van der Waals surface area contributed by atoms with Gasteiger partial charge in [-0.2, -0.15) is 0 Å². The maximum atomic E-state index is 12.9. The van der Waals surface area contributed by atoms with Crippen LogP contribution in [0.1, 0.15) is 33.7 Å². The van der Waals surface area contributed by atoms with Crippen molar-refractivity contribution in [2.24, 2.45) is 11.5 Å². The van der Waals surface area contributed by atoms with Gasteiger partial charge in [0.25, 0.3) is 0 Å². The van der Waals surface area contributed by atoms with Crippen LogP contribution >= 0.6 is 12.4 Å². The fraction of sp³-hybridized carbons (Fsp3) is 0.161. The highest BCUT2D eigenvalue weighted by Crippen LogP contribution is 2.28. The highest BCUT2D eigenvalue weighted by molar-refractivity contribution is 5.95. The summed E-state index contributed by atoms with van der Waals surface area (Å²) in [5.74, 6) is -0.252. The molecule has 0 fully saturated rings. The second kappa shape index (κ2) is 13.4. The third-order valence-electron chi connectivity index (χ3n) is 6.58. The zero-order valence-corrected chi connectivity index (χ0v) is 21.9. The highest BCUT2D eigenvalue weighted by atomic mass is 35.5. The molecule has 4 aromatic carbocycles. The van der Waals surface area contributed by atoms with E-state index >= 15 is 0 Å². The molecule has 4 rings (SSSR count). The number of aromatic hydroxyl groups is 1. The number of benzene rings is 4. The lowest BCUT2D eigenvalue weighted by Gasteiger charge is -2.33. The molecule has 196 valence electrons. The van der Waals surface area contributed by atoms with Crippen molar-refractivity contribution < 1.29 is 9.90 Å². The van der Waals surface area contributed by atoms with Gasteiger partial charge >= 0.3 is 0 Å². The van der Waals surface area contributed by atoms with Crippen molar-refractivity contribution in [3.8, 4) is 5.75 Å². The molecule has 0 aliphatic rings. The Morgan fingerprint density at radius 2 is 1.37 bits per heavy atom. The minimum atomic E-state index is -0.606. The number of nitrogens with one attached hydrogen (secondary N) is 1. The Labute approximate surface area is 229 Å². The van der Waals surface area contributed by atoms with Crippen molar-refractivity contribution >= 4 is 24.1 Å². The Balaban J connectivity index is 0.00000400. The van der Waals surface area contributed by atoms with Crippen LogP contribution in [0.4, 0.5) is 0 Å². The van der Waals surface area contributed by atoms with E-state index in [1.54, 1.807) is 18.2 Å². The van der Waals surface area contributed by atoms with Crippen LogP contribution in [-0.4, -0.2) is 34.3 Å². The predicted octanol–water partition coefficient (Wildman–Crippen LogP) is 4.83. The zero-order chi connectivity index (χ0) is 26.2. The fourth-order valence-electron chi connectivity index (χ4n) is 4.65. The average Bonchev–Trinajstić information content (AvgIpc) is 2.92. The number of nitrogens with zero attached hydrogens (tertiary/aromatic N) is 1. The molecular weight excluding hydrogens is 496 g/mol. The van der Waals surface area contributed by atoms with Crippen molar-refractivity contribution in [2.45, 2.75) is 24.9 Å². The summed E-state index contributed by atoms with van der Waals surface area (Å²) in [5.41, 5.74) is 16.5. The van der Waals surface area contributed by atoms with E-state index in [9.17, 15) is 9.90 Å². The molecule has 0 aromatic heterocycles. The Bertz CT molecular complexity index is 1290. The van der Waals surface area contributed by atoms with Crippen LogP contribution in [0, 0.1) is 5.41 Å². The molecule has 0 spiro atoms. The summed E-state index contributed by atoms with van der Waals surface area (Å²) in [7, 11) is 0. The fourth-order valence-corrected chi connectivity index (χ4v) is 4.65. The molecule has 0 saturated heterocycles. The lowest BCUT2D eigenvalue weighted by Crippen LogP contribution is -2.47. The van der Waals surface area contributed by atoms with E-state index in [0.29, 0.717) is 25.1 Å². The van der Waals surface area contributed by atoms with Crippen LogP contribution in [0.2, 0.25) is 0 Å². The molecule has 7 heteroatoms. The van der Waals surface area contributed by atoms with Gasteiger partial charge < -0.3 is 16.6 Å². The maximum absolute atomic E-state index is 12.9. The lowest BCUT2D eigenvalue weighted by atomic mass is 9.89. The van der Waals surface area contributed by atoms with Crippen molar-refractivity contribution in [1.29, 1.82) is 5.41 Å². The SMILES string of the molecule is Cl.N=C(N)c1cccc(C[C@H](C(N)=O)N(Cc2ccc(O)cc2)CC(c2ccccc2)c2ccccc2)c1. The first-order valence-corrected chi connectivity index (χ1v) is 12.2. The highest BCUT2D eigenvalue weighted by Gasteiger charge is 2.28. The molecule has 0 heterocycles. The van der Waals surface area contributed by atoms with Gasteiger partial charge in [0.15, 0.2) is 0 Å². The molecule has 0 unspecified atom stereocenters. The third-order valence-corrected chi connectivity index (χ3v) is 6.58. The lowest BCUT2D eigenvalue weighted by molar-refractivity contribution is -0.123. The normalized spacial score (nSPS) is 11.6. The van der Waals surface area contributed by atoms with Crippen LogP contribution < -0.4 is 11.5 Å². The minimum Gasteiger partial charge on any atom is -0.508 e. The molecule has 0 saturated carbocycles. The van der Waals surface area contributed by atoms with Gasteiger partial charge in [0, 0.05) is 24.6 Å². The van der Waals surface area contributed by atoms with Crippen LogP contribution in [0.3, 0.4) is 0 Å². The van der Waals surface area contributed by atoms with Crippen molar-refractivity contribution in [1.82, 2.24) is 4.90 Å². The number of nitrogens with two attached hydrogens (primary N) is 2. The van der Waals surface area contributed by atoms with Crippen molar-refractivity contribution in [3.05, 3.63) is 137 Å². The number of nitrogen functional groups attached to an aromatic ring is 1. The molecule has 1 amide bonds. The van der Waals surface area contributed by atoms with Crippen LogP contribution in [0.5, 0.6) is 5.75 Å². The van der Waals surface area contributed by atoms with Crippen molar-refractivity contribution in [3.63, 3.8) is 0 Å². The van der Waals surface area contributed by atoms with E-state index in [4.69, 9.17) is 16.9 Å². The van der Waals surface area contributed by atoms with Crippen molar-refractivity contribution in [2.75, 3.05) is 6.54 Å². The number of primary amides is 1. The number of amides is 1. The minimum absolute atomic E-state index is 0. The summed E-state index contributed by atoms with van der Waals surface area (Å²) in [4.78, 5) is 15.0. The number of phenols is 1. The van der Waals surface area contributed by atoms with Gasteiger partial charge in [-0.3, -0.25) is 15.1 Å². The number of carbonyl (C=O) groups is 1. The Kier molecular flexibility index (Phi) is 10.0. The first-order chi connectivity index (χ1) is 17.9. The second-order valence-corrected chi connectivity index (χ2v) is 9.21. The number of carbonyl (C=O) groups excluding carboxylic acids is 1. The molecular formula is C31H33ClN4O2. The summed E-state index contributed by atoms with van der Waals surface area (Å²) >= 11 is 0. The van der Waals surface area contributed by atoms with Crippen LogP contribution in [0.15, 0.2) is 109 Å². The largest absolute Gasteiger partial charge is 0.508 e. The number of halogens is 1. The number of amidine groups is 1. The van der Waals surface area contributed by atoms with E-state index in [2.05, 4.69) is 29.2 Å². The average molecular weight is 529 g/mol. The third kappa shape index (κ3) is 7.44. The maximum Gasteiger partial charge on any atom is 0.235 e. The quantitative estimate of drug-likeness (QED) is 0.165. The molecule has 0 bridgehead atoms. The number of hydrogen-bond acceptors (Lipinski definition) is 4. The molecule has 38 heavy (non-hydrogen) atoms. The molecule has 0 aliphatic carbocycles. The van der Waals surface area contributed by atoms with Crippen LogP contribution in [0.25, 0.3) is 0 Å².